The van der Waals surface area contributed by atoms with E-state index in [-0.39, 0.29) is 46.5 Å². The zero-order valence-corrected chi connectivity index (χ0v) is 25.4. The van der Waals surface area contributed by atoms with Crippen LogP contribution >= 0.6 is 0 Å². The van der Waals surface area contributed by atoms with E-state index in [0.717, 1.165) is 9.80 Å². The molecule has 4 rings (SSSR count). The molecule has 4 amide bonds. The zero-order valence-electron chi connectivity index (χ0n) is 23.4. The van der Waals surface area contributed by atoms with Crippen molar-refractivity contribution in [2.24, 2.45) is 0 Å². The molecule has 0 saturated carbocycles. The first-order chi connectivity index (χ1) is 19.1. The monoisotopic (exact) mass is 596 g/mol. The van der Waals surface area contributed by atoms with Crippen molar-refractivity contribution in [2.75, 3.05) is 13.1 Å². The fourth-order valence-electron chi connectivity index (χ4n) is 5.43. The predicted octanol–water partition coefficient (Wildman–Crippen LogP) is 4.18. The average Bonchev–Trinajstić information content (AvgIpc) is 3.27. The number of aromatic carboxylic acids is 2. The van der Waals surface area contributed by atoms with Crippen molar-refractivity contribution in [2.45, 2.75) is 51.1 Å². The Hall–Kier alpha value is -3.95. The fourth-order valence-corrected chi connectivity index (χ4v) is 14.2. The van der Waals surface area contributed by atoms with Gasteiger partial charge in [0.2, 0.25) is 0 Å². The maximum atomic E-state index is 12.8. The van der Waals surface area contributed by atoms with Gasteiger partial charge in [-0.25, -0.2) is 9.59 Å². The minimum atomic E-state index is -2.20. The summed E-state index contributed by atoms with van der Waals surface area (Å²) >= 11 is 0. The first kappa shape index (κ1) is 30.0. The number of amides is 4. The molecule has 0 aliphatic carbocycles. The number of imide groups is 2. The van der Waals surface area contributed by atoms with E-state index in [0.29, 0.717) is 24.9 Å². The zero-order chi connectivity index (χ0) is 30.3. The van der Waals surface area contributed by atoms with Gasteiger partial charge in [0, 0.05) is 13.1 Å². The third kappa shape index (κ3) is 6.21. The Balaban J connectivity index is 1.27. The Morgan fingerprint density at radius 3 is 1.32 bits per heavy atom. The SMILES string of the molecule is C[Si](C)(CCCN1C(=O)c2ccc(C(=O)O)cc2C1=O)O[Si](C)(C)CCCN1C(=O)c2ccc(C(=O)O)cc2C1=O. The third-order valence-electron chi connectivity index (χ3n) is 7.31. The molecule has 0 saturated heterocycles. The number of carbonyl (C=O) groups excluding carboxylic acids is 4. The van der Waals surface area contributed by atoms with Gasteiger partial charge in [-0.2, -0.15) is 0 Å². The lowest BCUT2D eigenvalue weighted by atomic mass is 10.1. The first-order valence-corrected chi connectivity index (χ1v) is 19.5. The van der Waals surface area contributed by atoms with Crippen LogP contribution in [-0.4, -0.2) is 85.3 Å². The smallest absolute Gasteiger partial charge is 0.335 e. The summed E-state index contributed by atoms with van der Waals surface area (Å²) in [7, 11) is -4.41. The number of nitrogens with zero attached hydrogens (tertiary/aromatic N) is 2. The Morgan fingerprint density at radius 2 is 0.976 bits per heavy atom. The van der Waals surface area contributed by atoms with Crippen LogP contribution in [0.2, 0.25) is 38.3 Å². The molecule has 2 heterocycles. The van der Waals surface area contributed by atoms with Gasteiger partial charge in [0.15, 0.2) is 16.6 Å². The largest absolute Gasteiger partial charge is 0.478 e. The first-order valence-electron chi connectivity index (χ1n) is 13.3. The van der Waals surface area contributed by atoms with Crippen molar-refractivity contribution in [3.8, 4) is 0 Å². The molecule has 2 aromatic rings. The summed E-state index contributed by atoms with van der Waals surface area (Å²) < 4.78 is 6.64. The van der Waals surface area contributed by atoms with Crippen LogP contribution in [0.15, 0.2) is 36.4 Å². The number of fused-ring (bicyclic) bond motifs is 2. The second kappa shape index (κ2) is 11.1. The van der Waals surface area contributed by atoms with Crippen molar-refractivity contribution in [1.29, 1.82) is 0 Å². The van der Waals surface area contributed by atoms with E-state index >= 15 is 0 Å². The highest BCUT2D eigenvalue weighted by Crippen LogP contribution is 2.29. The lowest BCUT2D eigenvalue weighted by molar-refractivity contribution is 0.0638. The van der Waals surface area contributed by atoms with Crippen molar-refractivity contribution in [1.82, 2.24) is 9.80 Å². The van der Waals surface area contributed by atoms with Crippen LogP contribution in [0.3, 0.4) is 0 Å². The molecule has 0 unspecified atom stereocenters. The van der Waals surface area contributed by atoms with Gasteiger partial charge in [0.05, 0.1) is 33.4 Å². The predicted molar refractivity (Wildman–Crippen MR) is 152 cm³/mol. The highest BCUT2D eigenvalue weighted by atomic mass is 28.4. The van der Waals surface area contributed by atoms with Crippen LogP contribution in [0, 0.1) is 0 Å². The van der Waals surface area contributed by atoms with Crippen LogP contribution in [0.5, 0.6) is 0 Å². The third-order valence-corrected chi connectivity index (χ3v) is 14.8. The van der Waals surface area contributed by atoms with Gasteiger partial charge in [-0.3, -0.25) is 29.0 Å². The Morgan fingerprint density at radius 1 is 0.634 bits per heavy atom. The molecular weight excluding hydrogens is 564 g/mol. The van der Waals surface area contributed by atoms with E-state index in [1.165, 1.54) is 36.4 Å². The molecule has 0 aromatic heterocycles. The topological polar surface area (TPSA) is 159 Å². The van der Waals surface area contributed by atoms with E-state index in [1.807, 2.05) is 0 Å². The van der Waals surface area contributed by atoms with Crippen LogP contribution in [0.25, 0.3) is 0 Å². The maximum Gasteiger partial charge on any atom is 0.335 e. The molecule has 13 heteroatoms. The molecule has 0 radical (unpaired) electrons. The number of hydrogen-bond donors (Lipinski definition) is 2. The molecule has 216 valence electrons. The molecule has 41 heavy (non-hydrogen) atoms. The van der Waals surface area contributed by atoms with Crippen LogP contribution in [0.1, 0.15) is 75.0 Å². The number of carbonyl (C=O) groups is 6. The maximum absolute atomic E-state index is 12.8. The molecule has 0 spiro atoms. The van der Waals surface area contributed by atoms with E-state index in [9.17, 15) is 39.0 Å². The number of rotatable bonds is 12. The second-order valence-electron chi connectivity index (χ2n) is 11.5. The molecule has 2 aliphatic heterocycles. The summed E-state index contributed by atoms with van der Waals surface area (Å²) in [5, 5.41) is 18.4. The minimum Gasteiger partial charge on any atom is -0.478 e. The van der Waals surface area contributed by atoms with E-state index in [2.05, 4.69) is 26.2 Å². The number of hydrogen-bond acceptors (Lipinski definition) is 7. The van der Waals surface area contributed by atoms with E-state index in [4.69, 9.17) is 4.12 Å². The molecule has 2 aromatic carbocycles. The highest BCUT2D eigenvalue weighted by molar-refractivity contribution is 6.84. The summed E-state index contributed by atoms with van der Waals surface area (Å²) in [5.74, 6) is -4.16. The number of carboxylic acids is 2. The molecule has 2 aliphatic rings. The van der Waals surface area contributed by atoms with Gasteiger partial charge in [0.1, 0.15) is 0 Å². The summed E-state index contributed by atoms with van der Waals surface area (Å²) in [4.78, 5) is 75.8. The van der Waals surface area contributed by atoms with Gasteiger partial charge >= 0.3 is 11.9 Å². The minimum absolute atomic E-state index is 0.0452. The average molecular weight is 597 g/mol. The highest BCUT2D eigenvalue weighted by Gasteiger charge is 2.39. The standard InChI is InChI=1S/C28H32N2O9Si2/c1-40(2,13-5-11-29-23(31)19-9-7-17(27(35)36)15-21(19)25(29)33)39-41(3,4)14-6-12-30-24(32)20-10-8-18(28(37)38)16-22(20)26(30)34/h7-10,15-16H,5-6,11-14H2,1-4H3,(H,35,36)(H,37,38). The molecule has 0 bridgehead atoms. The van der Waals surface area contributed by atoms with Gasteiger partial charge < -0.3 is 14.3 Å². The molecule has 2 N–H and O–H groups in total. The summed E-state index contributed by atoms with van der Waals surface area (Å²) in [5.41, 5.74) is 0.545. The molecule has 11 nitrogen and oxygen atoms in total. The van der Waals surface area contributed by atoms with Crippen molar-refractivity contribution < 1.29 is 43.1 Å². The number of benzene rings is 2. The van der Waals surface area contributed by atoms with Crippen LogP contribution in [-0.2, 0) is 4.12 Å². The Labute approximate surface area is 239 Å². The molecule has 0 atom stereocenters. The van der Waals surface area contributed by atoms with Gasteiger partial charge in [-0.15, -0.1) is 0 Å². The van der Waals surface area contributed by atoms with Gasteiger partial charge in [0.25, 0.3) is 23.6 Å². The second-order valence-corrected chi connectivity index (χ2v) is 20.3. The lowest BCUT2D eigenvalue weighted by Gasteiger charge is -2.34. The summed E-state index contributed by atoms with van der Waals surface area (Å²) in [6.07, 6.45) is 1.10. The Bertz CT molecular complexity index is 1380. The summed E-state index contributed by atoms with van der Waals surface area (Å²) in [6.45, 7) is 8.72. The normalized spacial score (nSPS) is 15.0. The van der Waals surface area contributed by atoms with Gasteiger partial charge in [-0.1, -0.05) is 0 Å². The quantitative estimate of drug-likeness (QED) is 0.271. The van der Waals surface area contributed by atoms with Gasteiger partial charge in [-0.05, 0) is 87.5 Å². The van der Waals surface area contributed by atoms with Crippen molar-refractivity contribution in [3.05, 3.63) is 69.8 Å². The van der Waals surface area contributed by atoms with Crippen LogP contribution < -0.4 is 0 Å². The lowest BCUT2D eigenvalue weighted by Crippen LogP contribution is -2.45. The van der Waals surface area contributed by atoms with Crippen LogP contribution in [0.4, 0.5) is 0 Å². The fraction of sp³-hybridized carbons (Fsp3) is 0.357. The Kier molecular flexibility index (Phi) is 8.16. The molecule has 0 fully saturated rings. The van der Waals surface area contributed by atoms with E-state index < -0.39 is 52.2 Å². The summed E-state index contributed by atoms with van der Waals surface area (Å²) in [6, 6.07) is 9.26. The number of carboxylic acid groups (broad SMARTS) is 2. The van der Waals surface area contributed by atoms with E-state index in [1.54, 1.807) is 0 Å². The molecular formula is C28H32N2O9Si2. The van der Waals surface area contributed by atoms with Crippen molar-refractivity contribution >= 4 is 52.2 Å². The van der Waals surface area contributed by atoms with Crippen molar-refractivity contribution in [3.63, 3.8) is 0 Å².